The summed E-state index contributed by atoms with van der Waals surface area (Å²) >= 11 is 3.44. The highest BCUT2D eigenvalue weighted by atomic mass is 79.9. The molecule has 2 heterocycles. The van der Waals surface area contributed by atoms with E-state index >= 15 is 0 Å². The van der Waals surface area contributed by atoms with Gasteiger partial charge < -0.3 is 14.4 Å². The van der Waals surface area contributed by atoms with Gasteiger partial charge in [0.2, 0.25) is 0 Å². The number of ether oxygens (including phenoxy) is 2. The number of rotatable bonds is 2. The lowest BCUT2D eigenvalue weighted by Crippen LogP contribution is -2.45. The van der Waals surface area contributed by atoms with Crippen molar-refractivity contribution in [2.45, 2.75) is 31.7 Å². The maximum atomic E-state index is 5.94. The van der Waals surface area contributed by atoms with Crippen LogP contribution in [0.3, 0.4) is 0 Å². The van der Waals surface area contributed by atoms with Gasteiger partial charge in [-0.05, 0) is 6.54 Å². The first-order valence-corrected chi connectivity index (χ1v) is 6.50. The largest absolute Gasteiger partial charge is 0.347 e. The molecule has 0 radical (unpaired) electrons. The number of alkyl halides is 1. The van der Waals surface area contributed by atoms with Gasteiger partial charge in [-0.1, -0.05) is 22.9 Å². The van der Waals surface area contributed by atoms with E-state index in [-0.39, 0.29) is 11.9 Å². The molecular formula is C10H18BrNO2. The van der Waals surface area contributed by atoms with Crippen LogP contribution in [0, 0.1) is 0 Å². The van der Waals surface area contributed by atoms with Gasteiger partial charge in [0.25, 0.3) is 0 Å². The lowest BCUT2D eigenvalue weighted by molar-refractivity contribution is -0.192. The summed E-state index contributed by atoms with van der Waals surface area (Å²) in [5.74, 6) is -0.246. The van der Waals surface area contributed by atoms with Crippen molar-refractivity contribution in [3.63, 3.8) is 0 Å². The first-order valence-electron chi connectivity index (χ1n) is 5.38. The summed E-state index contributed by atoms with van der Waals surface area (Å²) in [7, 11) is 0. The molecule has 1 unspecified atom stereocenters. The van der Waals surface area contributed by atoms with E-state index in [9.17, 15) is 0 Å². The average molecular weight is 264 g/mol. The van der Waals surface area contributed by atoms with Crippen LogP contribution < -0.4 is 0 Å². The molecule has 14 heavy (non-hydrogen) atoms. The first-order chi connectivity index (χ1) is 6.78. The SMILES string of the molecule is CCN1CCC2(CC1)OCC(CBr)O2. The second kappa shape index (κ2) is 4.47. The van der Waals surface area contributed by atoms with Crippen LogP contribution in [0.25, 0.3) is 0 Å². The molecule has 3 nitrogen and oxygen atoms in total. The maximum absolute atomic E-state index is 5.94. The van der Waals surface area contributed by atoms with E-state index in [1.807, 2.05) is 0 Å². The van der Waals surface area contributed by atoms with Gasteiger partial charge >= 0.3 is 0 Å². The Kier molecular flexibility index (Phi) is 3.47. The molecule has 0 aliphatic carbocycles. The summed E-state index contributed by atoms with van der Waals surface area (Å²) in [6.07, 6.45) is 2.29. The Morgan fingerprint density at radius 2 is 2.14 bits per heavy atom. The number of hydrogen-bond acceptors (Lipinski definition) is 3. The van der Waals surface area contributed by atoms with E-state index in [0.717, 1.165) is 44.4 Å². The molecule has 0 bridgehead atoms. The predicted molar refractivity (Wildman–Crippen MR) is 58.7 cm³/mol. The number of halogens is 1. The van der Waals surface area contributed by atoms with Gasteiger partial charge in [0.05, 0.1) is 12.7 Å². The number of nitrogens with zero attached hydrogens (tertiary/aromatic N) is 1. The summed E-state index contributed by atoms with van der Waals surface area (Å²) in [5.41, 5.74) is 0. The zero-order valence-corrected chi connectivity index (χ0v) is 10.3. The number of hydrogen-bond donors (Lipinski definition) is 0. The third-order valence-corrected chi connectivity index (χ3v) is 3.87. The summed E-state index contributed by atoms with van der Waals surface area (Å²) < 4.78 is 11.7. The Balaban J connectivity index is 1.87. The predicted octanol–water partition coefficient (Wildman–Crippen LogP) is 1.61. The van der Waals surface area contributed by atoms with Crippen LogP contribution in [0.4, 0.5) is 0 Å². The van der Waals surface area contributed by atoms with E-state index in [1.54, 1.807) is 0 Å². The van der Waals surface area contributed by atoms with Crippen LogP contribution in [-0.4, -0.2) is 48.4 Å². The van der Waals surface area contributed by atoms with Crippen LogP contribution in [-0.2, 0) is 9.47 Å². The smallest absolute Gasteiger partial charge is 0.171 e. The van der Waals surface area contributed by atoms with Gasteiger partial charge in [0.1, 0.15) is 0 Å². The van der Waals surface area contributed by atoms with Crippen molar-refractivity contribution < 1.29 is 9.47 Å². The standard InChI is InChI=1S/C10H18BrNO2/c1-2-12-5-3-10(4-6-12)13-8-9(7-11)14-10/h9H,2-8H2,1H3. The zero-order chi connectivity index (χ0) is 10.0. The minimum Gasteiger partial charge on any atom is -0.347 e. The minimum atomic E-state index is -0.246. The van der Waals surface area contributed by atoms with E-state index in [2.05, 4.69) is 27.8 Å². The second-order valence-corrected chi connectivity index (χ2v) is 4.70. The monoisotopic (exact) mass is 263 g/mol. The van der Waals surface area contributed by atoms with E-state index in [4.69, 9.17) is 9.47 Å². The molecule has 2 rings (SSSR count). The Hall–Kier alpha value is 0.360. The fourth-order valence-electron chi connectivity index (χ4n) is 2.16. The molecule has 2 fully saturated rings. The van der Waals surface area contributed by atoms with Gasteiger partial charge in [-0.15, -0.1) is 0 Å². The van der Waals surface area contributed by atoms with Crippen molar-refractivity contribution in [1.82, 2.24) is 4.90 Å². The molecule has 0 saturated carbocycles. The molecule has 4 heteroatoms. The van der Waals surface area contributed by atoms with Crippen LogP contribution >= 0.6 is 15.9 Å². The van der Waals surface area contributed by atoms with Gasteiger partial charge in [0, 0.05) is 31.3 Å². The van der Waals surface area contributed by atoms with Crippen LogP contribution in [0.15, 0.2) is 0 Å². The first kappa shape index (κ1) is 10.9. The molecule has 0 N–H and O–H groups in total. The lowest BCUT2D eigenvalue weighted by Gasteiger charge is -2.37. The molecule has 82 valence electrons. The average Bonchev–Trinajstić information content (AvgIpc) is 2.63. The molecule has 1 spiro atoms. The summed E-state index contributed by atoms with van der Waals surface area (Å²) in [6, 6.07) is 0. The highest BCUT2D eigenvalue weighted by molar-refractivity contribution is 9.09. The van der Waals surface area contributed by atoms with Crippen LogP contribution in [0.1, 0.15) is 19.8 Å². The van der Waals surface area contributed by atoms with Gasteiger partial charge in [0.15, 0.2) is 5.79 Å². The normalized spacial score (nSPS) is 32.6. The fraction of sp³-hybridized carbons (Fsp3) is 1.00. The van der Waals surface area contributed by atoms with Crippen molar-refractivity contribution in [3.8, 4) is 0 Å². The summed E-state index contributed by atoms with van der Waals surface area (Å²) in [5, 5.41) is 0.881. The zero-order valence-electron chi connectivity index (χ0n) is 8.67. The second-order valence-electron chi connectivity index (χ2n) is 4.05. The molecular weight excluding hydrogens is 246 g/mol. The van der Waals surface area contributed by atoms with Crippen molar-refractivity contribution in [2.24, 2.45) is 0 Å². The highest BCUT2D eigenvalue weighted by Crippen LogP contribution is 2.34. The third-order valence-electron chi connectivity index (χ3n) is 3.15. The Labute approximate surface area is 93.9 Å². The minimum absolute atomic E-state index is 0.246. The molecule has 0 aromatic carbocycles. The quantitative estimate of drug-likeness (QED) is 0.707. The van der Waals surface area contributed by atoms with Crippen molar-refractivity contribution in [3.05, 3.63) is 0 Å². The third kappa shape index (κ3) is 2.13. The molecule has 1 atom stereocenters. The van der Waals surface area contributed by atoms with Gasteiger partial charge in [-0.2, -0.15) is 0 Å². The van der Waals surface area contributed by atoms with Crippen molar-refractivity contribution >= 4 is 15.9 Å². The Morgan fingerprint density at radius 1 is 1.43 bits per heavy atom. The highest BCUT2D eigenvalue weighted by Gasteiger charge is 2.43. The number of likely N-dealkylation sites (tertiary alicyclic amines) is 1. The molecule has 2 aliphatic heterocycles. The summed E-state index contributed by atoms with van der Waals surface area (Å²) in [6.45, 7) is 6.29. The molecule has 0 aromatic rings. The number of piperidine rings is 1. The topological polar surface area (TPSA) is 21.7 Å². The molecule has 2 aliphatic rings. The van der Waals surface area contributed by atoms with Crippen molar-refractivity contribution in [1.29, 1.82) is 0 Å². The summed E-state index contributed by atoms with van der Waals surface area (Å²) in [4.78, 5) is 2.44. The molecule has 0 amide bonds. The Bertz CT molecular complexity index is 193. The maximum Gasteiger partial charge on any atom is 0.171 e. The Morgan fingerprint density at radius 3 is 2.64 bits per heavy atom. The molecule has 2 saturated heterocycles. The fourth-order valence-corrected chi connectivity index (χ4v) is 2.48. The van der Waals surface area contributed by atoms with Gasteiger partial charge in [-0.3, -0.25) is 0 Å². The van der Waals surface area contributed by atoms with Crippen LogP contribution in [0.2, 0.25) is 0 Å². The van der Waals surface area contributed by atoms with E-state index < -0.39 is 0 Å². The van der Waals surface area contributed by atoms with Crippen LogP contribution in [0.5, 0.6) is 0 Å². The lowest BCUT2D eigenvalue weighted by atomic mass is 10.0. The van der Waals surface area contributed by atoms with E-state index in [1.165, 1.54) is 0 Å². The van der Waals surface area contributed by atoms with Crippen molar-refractivity contribution in [2.75, 3.05) is 31.6 Å². The molecule has 0 aromatic heterocycles. The van der Waals surface area contributed by atoms with E-state index in [0.29, 0.717) is 0 Å². The van der Waals surface area contributed by atoms with Gasteiger partial charge in [-0.25, -0.2) is 0 Å².